The number of hydrogen-bond acceptors (Lipinski definition) is 1. The van der Waals surface area contributed by atoms with E-state index in [0.717, 1.165) is 38.9 Å². The Labute approximate surface area is 250 Å². The Hall–Kier alpha value is -4.19. The molecule has 0 aliphatic carbocycles. The quantitative estimate of drug-likeness (QED) is 0.190. The summed E-state index contributed by atoms with van der Waals surface area (Å²) in [7, 11) is 2.01. The first-order valence-electron chi connectivity index (χ1n) is 14.7. The minimum atomic E-state index is -4.31. The molecule has 0 saturated carbocycles. The van der Waals surface area contributed by atoms with E-state index in [-0.39, 0.29) is 11.8 Å². The fourth-order valence-corrected chi connectivity index (χ4v) is 6.30. The van der Waals surface area contributed by atoms with E-state index in [1.165, 1.54) is 35.7 Å². The number of aryl methyl sites for hydroxylation is 2. The molecule has 0 radical (unpaired) electrons. The summed E-state index contributed by atoms with van der Waals surface area (Å²) in [6, 6.07) is 26.5. The van der Waals surface area contributed by atoms with Crippen LogP contribution in [0.4, 0.5) is 13.2 Å². The van der Waals surface area contributed by atoms with Gasteiger partial charge in [0.1, 0.15) is 5.52 Å². The van der Waals surface area contributed by atoms with E-state index in [0.29, 0.717) is 5.56 Å². The number of halogens is 3. The van der Waals surface area contributed by atoms with Gasteiger partial charge in [0.2, 0.25) is 5.52 Å². The second-order valence-electron chi connectivity index (χ2n) is 13.4. The van der Waals surface area contributed by atoms with Crippen molar-refractivity contribution >= 4 is 32.7 Å². The highest BCUT2D eigenvalue weighted by atomic mass is 19.4. The molecule has 0 saturated heterocycles. The zero-order chi connectivity index (χ0) is 30.9. The van der Waals surface area contributed by atoms with Crippen LogP contribution in [0.2, 0.25) is 0 Å². The molecule has 6 rings (SSSR count). The minimum Gasteiger partial charge on any atom is -0.302 e. The van der Waals surface area contributed by atoms with Crippen molar-refractivity contribution in [3.63, 3.8) is 0 Å². The molecule has 0 bridgehead atoms. The summed E-state index contributed by atoms with van der Waals surface area (Å²) in [5, 5.41) is 3.35. The molecule has 4 aromatic carbocycles. The van der Waals surface area contributed by atoms with Gasteiger partial charge in [0, 0.05) is 11.3 Å². The smallest absolute Gasteiger partial charge is 0.302 e. The van der Waals surface area contributed by atoms with Crippen LogP contribution in [-0.2, 0) is 18.9 Å². The molecule has 43 heavy (non-hydrogen) atoms. The summed E-state index contributed by atoms with van der Waals surface area (Å²) in [6.07, 6.45) is -2.58. The van der Waals surface area contributed by atoms with Crippen LogP contribution < -0.4 is 4.57 Å². The van der Waals surface area contributed by atoms with E-state index in [9.17, 15) is 13.2 Å². The van der Waals surface area contributed by atoms with Crippen LogP contribution in [0.25, 0.3) is 49.7 Å². The fraction of sp³-hybridized carbons (Fsp3) is 0.297. The van der Waals surface area contributed by atoms with E-state index in [1.807, 2.05) is 61.9 Å². The summed E-state index contributed by atoms with van der Waals surface area (Å²) in [4.78, 5) is 4.91. The van der Waals surface area contributed by atoms with Crippen molar-refractivity contribution < 1.29 is 17.7 Å². The maximum absolute atomic E-state index is 13.9. The molecule has 0 unspecified atom stereocenters. The molecule has 0 spiro atoms. The van der Waals surface area contributed by atoms with Gasteiger partial charge in [-0.15, -0.1) is 0 Å². The lowest BCUT2D eigenvalue weighted by atomic mass is 9.80. The topological polar surface area (TPSA) is 21.7 Å². The molecule has 0 fully saturated rings. The van der Waals surface area contributed by atoms with Gasteiger partial charge >= 0.3 is 6.18 Å². The molecule has 0 N–H and O–H groups in total. The van der Waals surface area contributed by atoms with Crippen molar-refractivity contribution in [2.75, 3.05) is 0 Å². The number of para-hydroxylation sites is 1. The molecule has 2 heterocycles. The van der Waals surface area contributed by atoms with Gasteiger partial charge in [-0.05, 0) is 81.5 Å². The van der Waals surface area contributed by atoms with Crippen molar-refractivity contribution in [3.05, 3.63) is 102 Å². The van der Waals surface area contributed by atoms with Crippen LogP contribution >= 0.6 is 0 Å². The highest BCUT2D eigenvalue weighted by Gasteiger charge is 2.47. The van der Waals surface area contributed by atoms with Gasteiger partial charge in [-0.2, -0.15) is 13.2 Å². The number of nitrogens with zero attached hydrogens (tertiary/aromatic N) is 3. The number of aromatic nitrogens is 3. The Morgan fingerprint density at radius 2 is 1.44 bits per heavy atom. The summed E-state index contributed by atoms with van der Waals surface area (Å²) < 4.78 is 45.9. The summed E-state index contributed by atoms with van der Waals surface area (Å²) in [5.41, 5.74) is 6.74. The zero-order valence-electron chi connectivity index (χ0n) is 25.8. The summed E-state index contributed by atoms with van der Waals surface area (Å²) >= 11 is 0. The van der Waals surface area contributed by atoms with Gasteiger partial charge in [0.15, 0.2) is 5.69 Å². The lowest BCUT2D eigenvalue weighted by Crippen LogP contribution is -2.34. The molecule has 220 valence electrons. The van der Waals surface area contributed by atoms with Crippen molar-refractivity contribution in [2.24, 2.45) is 12.5 Å². The van der Waals surface area contributed by atoms with Crippen LogP contribution in [0.15, 0.2) is 85.2 Å². The monoisotopic (exact) mass is 580 g/mol. The largest absolute Gasteiger partial charge is 0.394 e. The molecule has 0 amide bonds. The van der Waals surface area contributed by atoms with Crippen molar-refractivity contribution in [2.45, 2.75) is 59.6 Å². The SMILES string of the molecule is Cc1c(-c2c3c(nc[n+]2C)c2ccc(CC(C)(C)C(F)(F)F)cc2n3-c2ccccc2)cc(C(C)(C)C)c2ccccc12. The Balaban J connectivity index is 1.74. The molecule has 6 aromatic rings. The number of hydrogen-bond donors (Lipinski definition) is 0. The maximum atomic E-state index is 13.9. The van der Waals surface area contributed by atoms with E-state index in [2.05, 4.69) is 67.2 Å². The Morgan fingerprint density at radius 1 is 0.791 bits per heavy atom. The number of benzene rings is 4. The maximum Gasteiger partial charge on any atom is 0.394 e. The third kappa shape index (κ3) is 4.77. The number of alkyl halides is 3. The highest BCUT2D eigenvalue weighted by Crippen LogP contribution is 2.43. The lowest BCUT2D eigenvalue weighted by molar-refractivity contribution is -0.662. The number of rotatable bonds is 4. The van der Waals surface area contributed by atoms with Crippen LogP contribution in [0.1, 0.15) is 51.3 Å². The molecular weight excluding hydrogens is 543 g/mol. The lowest BCUT2D eigenvalue weighted by Gasteiger charge is -2.27. The van der Waals surface area contributed by atoms with Crippen LogP contribution in [0.3, 0.4) is 0 Å². The van der Waals surface area contributed by atoms with Crippen LogP contribution in [0, 0.1) is 12.3 Å². The van der Waals surface area contributed by atoms with Gasteiger partial charge in [0.25, 0.3) is 6.33 Å². The summed E-state index contributed by atoms with van der Waals surface area (Å²) in [5.74, 6) is 0. The molecule has 6 heteroatoms. The molecule has 0 aliphatic rings. The van der Waals surface area contributed by atoms with Crippen molar-refractivity contribution in [1.29, 1.82) is 0 Å². The third-order valence-electron chi connectivity index (χ3n) is 8.75. The molecule has 0 atom stereocenters. The van der Waals surface area contributed by atoms with Gasteiger partial charge in [-0.3, -0.25) is 0 Å². The van der Waals surface area contributed by atoms with Crippen molar-refractivity contribution in [3.8, 4) is 16.9 Å². The van der Waals surface area contributed by atoms with Gasteiger partial charge in [-0.25, -0.2) is 4.57 Å². The van der Waals surface area contributed by atoms with Crippen LogP contribution in [0.5, 0.6) is 0 Å². The highest BCUT2D eigenvalue weighted by molar-refractivity contribution is 6.11. The van der Waals surface area contributed by atoms with Gasteiger partial charge < -0.3 is 4.57 Å². The summed E-state index contributed by atoms with van der Waals surface area (Å²) in [6.45, 7) is 11.4. The third-order valence-corrected chi connectivity index (χ3v) is 8.75. The Kier molecular flexibility index (Phi) is 6.68. The van der Waals surface area contributed by atoms with E-state index >= 15 is 0 Å². The van der Waals surface area contributed by atoms with Crippen LogP contribution in [-0.4, -0.2) is 15.7 Å². The molecule has 0 aliphatic heterocycles. The van der Waals surface area contributed by atoms with Gasteiger partial charge in [-0.1, -0.05) is 83.1 Å². The normalized spacial score (nSPS) is 13.0. The first kappa shape index (κ1) is 28.9. The van der Waals surface area contributed by atoms with E-state index in [4.69, 9.17) is 4.98 Å². The first-order chi connectivity index (χ1) is 20.2. The first-order valence-corrected chi connectivity index (χ1v) is 14.7. The molecular formula is C37H37F3N3+. The minimum absolute atomic E-state index is 0.0981. The molecule has 2 aromatic heterocycles. The average Bonchev–Trinajstić information content (AvgIpc) is 3.26. The Morgan fingerprint density at radius 3 is 2.09 bits per heavy atom. The predicted octanol–water partition coefficient (Wildman–Crippen LogP) is 9.56. The fourth-order valence-electron chi connectivity index (χ4n) is 6.30. The Bertz CT molecular complexity index is 2010. The van der Waals surface area contributed by atoms with E-state index < -0.39 is 11.6 Å². The standard InChI is InChI=1S/C37H37F3N3/c1-23-26-15-11-12-16-27(26)30(35(2,3)4)20-29(23)33-34-32(41-22-42(33)7)28-18-17-24(21-36(5,6)37(38,39)40)19-31(28)43(34)25-13-9-8-10-14-25/h8-20,22H,21H2,1-7H3/q+1. The molecule has 3 nitrogen and oxygen atoms in total. The average molecular weight is 581 g/mol. The second kappa shape index (κ2) is 9.94. The second-order valence-corrected chi connectivity index (χ2v) is 13.4. The zero-order valence-corrected chi connectivity index (χ0v) is 25.8. The number of fused-ring (bicyclic) bond motifs is 4. The van der Waals surface area contributed by atoms with Gasteiger partial charge in [0.05, 0.1) is 23.4 Å². The van der Waals surface area contributed by atoms with Crippen molar-refractivity contribution in [1.82, 2.24) is 9.55 Å². The van der Waals surface area contributed by atoms with E-state index in [1.54, 1.807) is 0 Å². The predicted molar refractivity (Wildman–Crippen MR) is 170 cm³/mol.